The summed E-state index contributed by atoms with van der Waals surface area (Å²) in [7, 11) is -3.76. The van der Waals surface area contributed by atoms with E-state index in [1.165, 1.54) is 16.4 Å². The quantitative estimate of drug-likeness (QED) is 0.593. The second kappa shape index (κ2) is 9.62. The molecule has 1 saturated heterocycles. The summed E-state index contributed by atoms with van der Waals surface area (Å²) in [6.07, 6.45) is 6.60. The molecule has 2 aromatic carbocycles. The fourth-order valence-corrected chi connectivity index (χ4v) is 5.42. The average molecular weight is 457 g/mol. The molecule has 168 valence electrons. The standard InChI is InChI=1S/C23H25FN4O3S/c24-21-6-8-22(9-7-21)32(30,31)28-11-2-5-20(16-28)23(29)26-14-18-3-1-4-19(13-18)15-27-12-10-25-17-27/h1,3-4,6-10,12-13,17,20H,2,5,11,14-16H2,(H,26,29). The molecule has 0 spiro atoms. The fraction of sp³-hybridized carbons (Fsp3) is 0.304. The van der Waals surface area contributed by atoms with Gasteiger partial charge in [-0.1, -0.05) is 24.3 Å². The third-order valence-electron chi connectivity index (χ3n) is 5.59. The van der Waals surface area contributed by atoms with Crippen LogP contribution in [0.3, 0.4) is 0 Å². The Hall–Kier alpha value is -3.04. The number of amides is 1. The number of carbonyl (C=O) groups is 1. The maximum absolute atomic E-state index is 13.2. The van der Waals surface area contributed by atoms with Gasteiger partial charge in [0.25, 0.3) is 0 Å². The smallest absolute Gasteiger partial charge is 0.243 e. The van der Waals surface area contributed by atoms with Gasteiger partial charge in [-0.15, -0.1) is 0 Å². The van der Waals surface area contributed by atoms with Crippen LogP contribution < -0.4 is 5.32 Å². The van der Waals surface area contributed by atoms with E-state index in [9.17, 15) is 17.6 Å². The molecule has 1 atom stereocenters. The van der Waals surface area contributed by atoms with Crippen molar-refractivity contribution in [1.29, 1.82) is 0 Å². The van der Waals surface area contributed by atoms with Crippen LogP contribution in [0.4, 0.5) is 4.39 Å². The predicted octanol–water partition coefficient (Wildman–Crippen LogP) is 2.79. The highest BCUT2D eigenvalue weighted by molar-refractivity contribution is 7.89. The first-order valence-corrected chi connectivity index (χ1v) is 11.9. The topological polar surface area (TPSA) is 84.3 Å². The lowest BCUT2D eigenvalue weighted by Gasteiger charge is -2.31. The van der Waals surface area contributed by atoms with E-state index in [-0.39, 0.29) is 17.3 Å². The maximum Gasteiger partial charge on any atom is 0.243 e. The van der Waals surface area contributed by atoms with Gasteiger partial charge >= 0.3 is 0 Å². The van der Waals surface area contributed by atoms with Crippen molar-refractivity contribution in [1.82, 2.24) is 19.2 Å². The largest absolute Gasteiger partial charge is 0.352 e. The number of aromatic nitrogens is 2. The number of nitrogens with one attached hydrogen (secondary N) is 1. The van der Waals surface area contributed by atoms with Crippen molar-refractivity contribution in [2.24, 2.45) is 5.92 Å². The van der Waals surface area contributed by atoms with Crippen molar-refractivity contribution in [2.75, 3.05) is 13.1 Å². The molecule has 2 heterocycles. The summed E-state index contributed by atoms with van der Waals surface area (Å²) in [6.45, 7) is 1.53. The number of imidazole rings is 1. The molecule has 4 rings (SSSR count). The molecular formula is C23H25FN4O3S. The van der Waals surface area contributed by atoms with E-state index in [1.54, 1.807) is 12.5 Å². The average Bonchev–Trinajstić information content (AvgIpc) is 3.31. The number of piperidine rings is 1. The van der Waals surface area contributed by atoms with Crippen LogP contribution in [0.5, 0.6) is 0 Å². The van der Waals surface area contributed by atoms with Crippen molar-refractivity contribution in [2.45, 2.75) is 30.8 Å². The van der Waals surface area contributed by atoms with Crippen LogP contribution >= 0.6 is 0 Å². The molecule has 1 fully saturated rings. The van der Waals surface area contributed by atoms with Crippen LogP contribution in [0.2, 0.25) is 0 Å². The number of halogens is 1. The Morgan fingerprint density at radius 2 is 1.94 bits per heavy atom. The molecule has 1 aromatic heterocycles. The van der Waals surface area contributed by atoms with E-state index in [0.29, 0.717) is 32.5 Å². The zero-order chi connectivity index (χ0) is 22.6. The van der Waals surface area contributed by atoms with Crippen molar-refractivity contribution in [3.63, 3.8) is 0 Å². The number of carbonyl (C=O) groups excluding carboxylic acids is 1. The van der Waals surface area contributed by atoms with Gasteiger partial charge in [0.1, 0.15) is 5.82 Å². The Bertz CT molecular complexity index is 1160. The van der Waals surface area contributed by atoms with E-state index in [0.717, 1.165) is 23.3 Å². The van der Waals surface area contributed by atoms with E-state index in [2.05, 4.69) is 10.3 Å². The number of hydrogen-bond donors (Lipinski definition) is 1. The Balaban J connectivity index is 1.36. The first-order valence-electron chi connectivity index (χ1n) is 10.5. The first-order chi connectivity index (χ1) is 15.4. The van der Waals surface area contributed by atoms with Crippen molar-refractivity contribution in [3.8, 4) is 0 Å². The molecule has 1 unspecified atom stereocenters. The minimum absolute atomic E-state index is 0.0367. The van der Waals surface area contributed by atoms with Crippen LogP contribution in [0, 0.1) is 11.7 Å². The lowest BCUT2D eigenvalue weighted by atomic mass is 9.98. The highest BCUT2D eigenvalue weighted by atomic mass is 32.2. The van der Waals surface area contributed by atoms with Crippen molar-refractivity contribution >= 4 is 15.9 Å². The lowest BCUT2D eigenvalue weighted by Crippen LogP contribution is -2.45. The zero-order valence-electron chi connectivity index (χ0n) is 17.5. The van der Waals surface area contributed by atoms with Crippen LogP contribution in [-0.4, -0.2) is 41.3 Å². The van der Waals surface area contributed by atoms with E-state index in [1.807, 2.05) is 35.0 Å². The molecule has 1 N–H and O–H groups in total. The summed E-state index contributed by atoms with van der Waals surface area (Å²) in [5, 5.41) is 2.94. The highest BCUT2D eigenvalue weighted by Crippen LogP contribution is 2.24. The number of rotatable bonds is 7. The van der Waals surface area contributed by atoms with Gasteiger partial charge < -0.3 is 9.88 Å². The first kappa shape index (κ1) is 22.2. The van der Waals surface area contributed by atoms with Gasteiger partial charge in [0.15, 0.2) is 0 Å². The summed E-state index contributed by atoms with van der Waals surface area (Å²) < 4.78 is 42.2. The molecule has 0 bridgehead atoms. The second-order valence-corrected chi connectivity index (χ2v) is 9.87. The van der Waals surface area contributed by atoms with E-state index in [4.69, 9.17) is 0 Å². The summed E-state index contributed by atoms with van der Waals surface area (Å²) in [6, 6.07) is 12.7. The molecule has 0 radical (unpaired) electrons. The molecule has 32 heavy (non-hydrogen) atoms. The van der Waals surface area contributed by atoms with Gasteiger partial charge in [-0.05, 0) is 48.2 Å². The van der Waals surface area contributed by atoms with Gasteiger partial charge in [-0.2, -0.15) is 4.31 Å². The number of nitrogens with zero attached hydrogens (tertiary/aromatic N) is 3. The zero-order valence-corrected chi connectivity index (χ0v) is 18.3. The molecule has 3 aromatic rings. The van der Waals surface area contributed by atoms with Crippen LogP contribution in [0.25, 0.3) is 0 Å². The minimum Gasteiger partial charge on any atom is -0.352 e. The summed E-state index contributed by atoms with van der Waals surface area (Å²) in [4.78, 5) is 16.8. The summed E-state index contributed by atoms with van der Waals surface area (Å²) >= 11 is 0. The monoisotopic (exact) mass is 456 g/mol. The molecule has 1 aliphatic heterocycles. The SMILES string of the molecule is O=C(NCc1cccc(Cn2ccnc2)c1)C1CCCN(S(=O)(=O)c2ccc(F)cc2)C1. The van der Waals surface area contributed by atoms with Crippen molar-refractivity contribution < 1.29 is 17.6 Å². The second-order valence-electron chi connectivity index (χ2n) is 7.93. The Morgan fingerprint density at radius 1 is 1.16 bits per heavy atom. The van der Waals surface area contributed by atoms with Gasteiger partial charge in [-0.25, -0.2) is 17.8 Å². The Morgan fingerprint density at radius 3 is 2.69 bits per heavy atom. The fourth-order valence-electron chi connectivity index (χ4n) is 3.89. The van der Waals surface area contributed by atoms with Crippen LogP contribution in [-0.2, 0) is 27.9 Å². The Labute approximate surface area is 186 Å². The van der Waals surface area contributed by atoms with Gasteiger partial charge in [0.2, 0.25) is 15.9 Å². The van der Waals surface area contributed by atoms with E-state index < -0.39 is 21.8 Å². The summed E-state index contributed by atoms with van der Waals surface area (Å²) in [5.74, 6) is -1.08. The molecule has 9 heteroatoms. The van der Waals surface area contributed by atoms with Crippen LogP contribution in [0.1, 0.15) is 24.0 Å². The number of sulfonamides is 1. The number of benzene rings is 2. The highest BCUT2D eigenvalue weighted by Gasteiger charge is 2.33. The Kier molecular flexibility index (Phi) is 6.66. The maximum atomic E-state index is 13.2. The van der Waals surface area contributed by atoms with Crippen LogP contribution in [0.15, 0.2) is 72.1 Å². The lowest BCUT2D eigenvalue weighted by molar-refractivity contribution is -0.126. The van der Waals surface area contributed by atoms with Gasteiger partial charge in [0.05, 0.1) is 17.1 Å². The molecule has 0 saturated carbocycles. The van der Waals surface area contributed by atoms with E-state index >= 15 is 0 Å². The predicted molar refractivity (Wildman–Crippen MR) is 118 cm³/mol. The number of hydrogen-bond acceptors (Lipinski definition) is 4. The third-order valence-corrected chi connectivity index (χ3v) is 7.47. The molecule has 0 aliphatic carbocycles. The molecule has 7 nitrogen and oxygen atoms in total. The molecule has 1 amide bonds. The molecule has 1 aliphatic rings. The van der Waals surface area contributed by atoms with Crippen molar-refractivity contribution in [3.05, 3.63) is 84.2 Å². The normalized spacial score (nSPS) is 17.2. The van der Waals surface area contributed by atoms with Gasteiger partial charge in [-0.3, -0.25) is 4.79 Å². The molecular weight excluding hydrogens is 431 g/mol. The summed E-state index contributed by atoms with van der Waals surface area (Å²) in [5.41, 5.74) is 2.08. The third kappa shape index (κ3) is 5.23. The minimum atomic E-state index is -3.76. The van der Waals surface area contributed by atoms with Gasteiger partial charge in [0, 0.05) is 38.6 Å².